The van der Waals surface area contributed by atoms with E-state index in [1.54, 1.807) is 19.2 Å². The maximum Gasteiger partial charge on any atom is 0.573 e. The molecule has 3 N–H and O–H groups in total. The molecule has 10 heteroatoms. The molecule has 0 atom stereocenters. The van der Waals surface area contributed by atoms with Gasteiger partial charge in [-0.15, -0.1) is 37.1 Å². The van der Waals surface area contributed by atoms with E-state index >= 15 is 0 Å². The summed E-state index contributed by atoms with van der Waals surface area (Å²) in [6.07, 6.45) is -3.53. The van der Waals surface area contributed by atoms with Crippen molar-refractivity contribution in [3.8, 4) is 5.75 Å². The van der Waals surface area contributed by atoms with Gasteiger partial charge >= 0.3 is 6.36 Å². The van der Waals surface area contributed by atoms with E-state index in [1.165, 1.54) is 12.1 Å². The van der Waals surface area contributed by atoms with Gasteiger partial charge in [0, 0.05) is 37.8 Å². The summed E-state index contributed by atoms with van der Waals surface area (Å²) in [6, 6.07) is 13.3. The Morgan fingerprint density at radius 1 is 1.06 bits per heavy atom. The first-order valence-electron chi connectivity index (χ1n) is 9.47. The number of carbonyl (C=O) groups is 1. The van der Waals surface area contributed by atoms with Crippen LogP contribution >= 0.6 is 24.0 Å². The minimum Gasteiger partial charge on any atom is -0.405 e. The first kappa shape index (κ1) is 26.5. The Balaban J connectivity index is 0.00000480. The number of halogens is 4. The number of ether oxygens (including phenoxy) is 1. The van der Waals surface area contributed by atoms with Gasteiger partial charge in [0.15, 0.2) is 5.96 Å². The van der Waals surface area contributed by atoms with E-state index in [2.05, 4.69) is 25.7 Å². The van der Waals surface area contributed by atoms with Gasteiger partial charge in [0.2, 0.25) is 5.91 Å². The van der Waals surface area contributed by atoms with Crippen LogP contribution in [0.5, 0.6) is 5.75 Å². The van der Waals surface area contributed by atoms with E-state index in [0.717, 1.165) is 12.0 Å². The van der Waals surface area contributed by atoms with E-state index < -0.39 is 6.36 Å². The van der Waals surface area contributed by atoms with Gasteiger partial charge in [-0.2, -0.15) is 0 Å². The second-order valence-electron chi connectivity index (χ2n) is 6.43. The van der Waals surface area contributed by atoms with Crippen molar-refractivity contribution in [3.63, 3.8) is 0 Å². The van der Waals surface area contributed by atoms with Crippen molar-refractivity contribution in [3.05, 3.63) is 59.7 Å². The van der Waals surface area contributed by atoms with Gasteiger partial charge in [0.1, 0.15) is 5.75 Å². The fourth-order valence-electron chi connectivity index (χ4n) is 2.67. The van der Waals surface area contributed by atoms with Crippen molar-refractivity contribution in [2.75, 3.05) is 12.4 Å². The molecular formula is C21H26F3IN4O2. The molecule has 1 amide bonds. The van der Waals surface area contributed by atoms with Gasteiger partial charge in [-0.1, -0.05) is 37.3 Å². The number of para-hydroxylation sites is 1. The number of nitrogens with one attached hydrogen (secondary N) is 3. The predicted molar refractivity (Wildman–Crippen MR) is 126 cm³/mol. The zero-order chi connectivity index (χ0) is 22.0. The molecule has 0 heterocycles. The molecule has 2 aromatic carbocycles. The number of carbonyl (C=O) groups excluding carboxylic acids is 1. The maximum absolute atomic E-state index is 12.5. The van der Waals surface area contributed by atoms with Gasteiger partial charge in [-0.25, -0.2) is 0 Å². The summed E-state index contributed by atoms with van der Waals surface area (Å²) in [6.45, 7) is 2.45. The standard InChI is InChI=1S/C21H25F3N4O2.HI/c1-3-7-19(29)28-17-10-6-8-15(12-17)13-26-20(25-2)27-14-16-9-4-5-11-18(16)30-21(22,23)24;/h4-6,8-12H,3,7,13-14H2,1-2H3,(H,28,29)(H2,25,26,27);1H. The number of alkyl halides is 3. The molecular weight excluding hydrogens is 524 g/mol. The summed E-state index contributed by atoms with van der Waals surface area (Å²) in [4.78, 5) is 15.8. The lowest BCUT2D eigenvalue weighted by Crippen LogP contribution is -2.36. The van der Waals surface area contributed by atoms with Gasteiger partial charge < -0.3 is 20.7 Å². The van der Waals surface area contributed by atoms with Crippen molar-refractivity contribution in [2.24, 2.45) is 4.99 Å². The van der Waals surface area contributed by atoms with E-state index in [4.69, 9.17) is 0 Å². The van der Waals surface area contributed by atoms with Crippen LogP contribution in [-0.2, 0) is 17.9 Å². The molecule has 0 spiro atoms. The molecule has 0 aromatic heterocycles. The Morgan fingerprint density at radius 2 is 1.77 bits per heavy atom. The number of benzene rings is 2. The molecule has 0 saturated carbocycles. The van der Waals surface area contributed by atoms with E-state index in [0.29, 0.717) is 30.2 Å². The Morgan fingerprint density at radius 3 is 2.45 bits per heavy atom. The molecule has 31 heavy (non-hydrogen) atoms. The number of hydrogen-bond acceptors (Lipinski definition) is 3. The monoisotopic (exact) mass is 550 g/mol. The zero-order valence-corrected chi connectivity index (χ0v) is 19.6. The number of aliphatic imine (C=N–C) groups is 1. The van der Waals surface area contributed by atoms with Crippen molar-refractivity contribution >= 4 is 41.5 Å². The Kier molecular flexibility index (Phi) is 11.2. The summed E-state index contributed by atoms with van der Waals surface area (Å²) >= 11 is 0. The molecule has 6 nitrogen and oxygen atoms in total. The molecule has 170 valence electrons. The molecule has 0 unspecified atom stereocenters. The second kappa shape index (κ2) is 13.0. The SMILES string of the molecule is CCCC(=O)Nc1cccc(CNC(=NC)NCc2ccccc2OC(F)(F)F)c1.I. The van der Waals surface area contributed by atoms with E-state index in [-0.39, 0.29) is 42.2 Å². The van der Waals surface area contributed by atoms with Crippen molar-refractivity contribution in [1.29, 1.82) is 0 Å². The van der Waals surface area contributed by atoms with Crippen LogP contribution in [0.4, 0.5) is 18.9 Å². The summed E-state index contributed by atoms with van der Waals surface area (Å²) in [5, 5.41) is 8.90. The minimum absolute atomic E-state index is 0. The number of amides is 1. The van der Waals surface area contributed by atoms with Crippen LogP contribution in [0, 0.1) is 0 Å². The lowest BCUT2D eigenvalue weighted by atomic mass is 10.2. The Hall–Kier alpha value is -2.50. The van der Waals surface area contributed by atoms with Crippen LogP contribution in [0.3, 0.4) is 0 Å². The fourth-order valence-corrected chi connectivity index (χ4v) is 2.67. The molecule has 0 saturated heterocycles. The van der Waals surface area contributed by atoms with Gasteiger partial charge in [-0.05, 0) is 30.2 Å². The Bertz CT molecular complexity index is 876. The van der Waals surface area contributed by atoms with Crippen molar-refractivity contribution in [2.45, 2.75) is 39.2 Å². The quantitative estimate of drug-likeness (QED) is 0.251. The van der Waals surface area contributed by atoms with E-state index in [1.807, 2.05) is 31.2 Å². The first-order chi connectivity index (χ1) is 14.3. The number of hydrogen-bond donors (Lipinski definition) is 3. The molecule has 2 aromatic rings. The number of rotatable bonds is 8. The summed E-state index contributed by atoms with van der Waals surface area (Å²) in [5.74, 6) is 0.112. The van der Waals surface area contributed by atoms with Crippen LogP contribution in [0.25, 0.3) is 0 Å². The molecule has 0 aliphatic rings. The van der Waals surface area contributed by atoms with Gasteiger partial charge in [-0.3, -0.25) is 9.79 Å². The van der Waals surface area contributed by atoms with Crippen LogP contribution in [-0.4, -0.2) is 25.3 Å². The number of nitrogens with zero attached hydrogens (tertiary/aromatic N) is 1. The molecule has 0 radical (unpaired) electrons. The molecule has 2 rings (SSSR count). The number of anilines is 1. The average Bonchev–Trinajstić information content (AvgIpc) is 2.68. The van der Waals surface area contributed by atoms with E-state index in [9.17, 15) is 18.0 Å². The fraction of sp³-hybridized carbons (Fsp3) is 0.333. The van der Waals surface area contributed by atoms with Crippen LogP contribution in [0.15, 0.2) is 53.5 Å². The van der Waals surface area contributed by atoms with Crippen LogP contribution in [0.2, 0.25) is 0 Å². The largest absolute Gasteiger partial charge is 0.573 e. The van der Waals surface area contributed by atoms with Crippen molar-refractivity contribution in [1.82, 2.24) is 10.6 Å². The lowest BCUT2D eigenvalue weighted by molar-refractivity contribution is -0.274. The molecule has 0 bridgehead atoms. The normalized spacial score (nSPS) is 11.3. The van der Waals surface area contributed by atoms with Gasteiger partial charge in [0.25, 0.3) is 0 Å². The third kappa shape index (κ3) is 9.90. The first-order valence-corrected chi connectivity index (χ1v) is 9.47. The molecule has 0 aliphatic heterocycles. The van der Waals surface area contributed by atoms with Crippen LogP contribution in [0.1, 0.15) is 30.9 Å². The summed E-state index contributed by atoms with van der Waals surface area (Å²) in [7, 11) is 1.56. The topological polar surface area (TPSA) is 74.8 Å². The highest BCUT2D eigenvalue weighted by atomic mass is 127. The highest BCUT2D eigenvalue weighted by Crippen LogP contribution is 2.26. The average molecular weight is 550 g/mol. The summed E-state index contributed by atoms with van der Waals surface area (Å²) < 4.78 is 41.7. The highest BCUT2D eigenvalue weighted by molar-refractivity contribution is 14.0. The number of guanidine groups is 1. The Labute approximate surface area is 196 Å². The molecule has 0 fully saturated rings. The zero-order valence-electron chi connectivity index (χ0n) is 17.3. The van der Waals surface area contributed by atoms with Gasteiger partial charge in [0.05, 0.1) is 0 Å². The maximum atomic E-state index is 12.5. The third-order valence-electron chi connectivity index (χ3n) is 4.02. The van der Waals surface area contributed by atoms with Crippen molar-refractivity contribution < 1.29 is 22.7 Å². The summed E-state index contributed by atoms with van der Waals surface area (Å²) in [5.41, 5.74) is 1.96. The smallest absolute Gasteiger partial charge is 0.405 e. The minimum atomic E-state index is -4.76. The predicted octanol–water partition coefficient (Wildman–Crippen LogP) is 4.81. The third-order valence-corrected chi connectivity index (χ3v) is 4.02. The highest BCUT2D eigenvalue weighted by Gasteiger charge is 2.31. The lowest BCUT2D eigenvalue weighted by Gasteiger charge is -2.16. The van der Waals surface area contributed by atoms with Crippen LogP contribution < -0.4 is 20.7 Å². The molecule has 0 aliphatic carbocycles. The second-order valence-corrected chi connectivity index (χ2v) is 6.43.